The van der Waals surface area contributed by atoms with E-state index in [4.69, 9.17) is 0 Å². The van der Waals surface area contributed by atoms with Gasteiger partial charge in [0.15, 0.2) is 0 Å². The standard InChI is InChI=1S/C19H25N3O/c1-3-21(4-2)14-15-22(16-18-12-8-9-13-20-18)19(23)17-10-6-5-7-11-17/h5-13H,3-4,14-16H2,1-2H3. The van der Waals surface area contributed by atoms with Crippen molar-refractivity contribution < 1.29 is 4.79 Å². The van der Waals surface area contributed by atoms with Crippen LogP contribution in [0.2, 0.25) is 0 Å². The van der Waals surface area contributed by atoms with Crippen LogP contribution in [0.15, 0.2) is 54.7 Å². The number of carbonyl (C=O) groups excluding carboxylic acids is 1. The quantitative estimate of drug-likeness (QED) is 0.752. The molecule has 23 heavy (non-hydrogen) atoms. The van der Waals surface area contributed by atoms with Gasteiger partial charge in [-0.05, 0) is 37.4 Å². The average molecular weight is 311 g/mol. The van der Waals surface area contributed by atoms with Crippen molar-refractivity contribution in [1.82, 2.24) is 14.8 Å². The van der Waals surface area contributed by atoms with Crippen molar-refractivity contribution in [3.63, 3.8) is 0 Å². The summed E-state index contributed by atoms with van der Waals surface area (Å²) >= 11 is 0. The van der Waals surface area contributed by atoms with Gasteiger partial charge in [0.2, 0.25) is 0 Å². The largest absolute Gasteiger partial charge is 0.331 e. The molecular formula is C19H25N3O. The lowest BCUT2D eigenvalue weighted by atomic mass is 10.2. The number of likely N-dealkylation sites (N-methyl/N-ethyl adjacent to an activating group) is 1. The number of nitrogens with zero attached hydrogens (tertiary/aromatic N) is 3. The highest BCUT2D eigenvalue weighted by Crippen LogP contribution is 2.09. The van der Waals surface area contributed by atoms with Crippen molar-refractivity contribution in [1.29, 1.82) is 0 Å². The molecule has 1 aromatic carbocycles. The van der Waals surface area contributed by atoms with Gasteiger partial charge in [0.25, 0.3) is 5.91 Å². The molecule has 4 heteroatoms. The Labute approximate surface area is 138 Å². The summed E-state index contributed by atoms with van der Waals surface area (Å²) < 4.78 is 0. The average Bonchev–Trinajstić information content (AvgIpc) is 2.62. The van der Waals surface area contributed by atoms with E-state index in [1.54, 1.807) is 6.20 Å². The van der Waals surface area contributed by atoms with Crippen LogP contribution in [0.1, 0.15) is 29.9 Å². The second kappa shape index (κ2) is 9.06. The maximum Gasteiger partial charge on any atom is 0.254 e. The van der Waals surface area contributed by atoms with Gasteiger partial charge >= 0.3 is 0 Å². The predicted molar refractivity (Wildman–Crippen MR) is 93.2 cm³/mol. The molecule has 0 fully saturated rings. The van der Waals surface area contributed by atoms with E-state index in [1.807, 2.05) is 53.4 Å². The minimum Gasteiger partial charge on any atom is -0.331 e. The fourth-order valence-electron chi connectivity index (χ4n) is 2.50. The SMILES string of the molecule is CCN(CC)CCN(Cc1ccccn1)C(=O)c1ccccc1. The van der Waals surface area contributed by atoms with Crippen molar-refractivity contribution in [3.8, 4) is 0 Å². The molecule has 0 saturated heterocycles. The van der Waals surface area contributed by atoms with Crippen LogP contribution in [0.3, 0.4) is 0 Å². The van der Waals surface area contributed by atoms with Gasteiger partial charge in [-0.1, -0.05) is 38.1 Å². The number of hydrogen-bond acceptors (Lipinski definition) is 3. The van der Waals surface area contributed by atoms with Crippen molar-refractivity contribution in [2.45, 2.75) is 20.4 Å². The van der Waals surface area contributed by atoms with Gasteiger partial charge in [-0.25, -0.2) is 0 Å². The van der Waals surface area contributed by atoms with E-state index < -0.39 is 0 Å². The number of amides is 1. The number of pyridine rings is 1. The molecule has 0 saturated carbocycles. The van der Waals surface area contributed by atoms with Crippen molar-refractivity contribution in [3.05, 3.63) is 66.0 Å². The Morgan fingerprint density at radius 3 is 2.26 bits per heavy atom. The fraction of sp³-hybridized carbons (Fsp3) is 0.368. The lowest BCUT2D eigenvalue weighted by Gasteiger charge is -2.26. The van der Waals surface area contributed by atoms with Crippen LogP contribution in [0.5, 0.6) is 0 Å². The molecule has 0 N–H and O–H groups in total. The molecular weight excluding hydrogens is 286 g/mol. The van der Waals surface area contributed by atoms with Crippen LogP contribution in [0.25, 0.3) is 0 Å². The summed E-state index contributed by atoms with van der Waals surface area (Å²) in [4.78, 5) is 21.4. The van der Waals surface area contributed by atoms with Crippen molar-refractivity contribution >= 4 is 5.91 Å². The summed E-state index contributed by atoms with van der Waals surface area (Å²) in [5.41, 5.74) is 1.64. The zero-order valence-electron chi connectivity index (χ0n) is 14.0. The van der Waals surface area contributed by atoms with Gasteiger partial charge in [-0.3, -0.25) is 9.78 Å². The van der Waals surface area contributed by atoms with E-state index >= 15 is 0 Å². The molecule has 1 amide bonds. The Balaban J connectivity index is 2.12. The molecule has 0 atom stereocenters. The number of rotatable bonds is 8. The van der Waals surface area contributed by atoms with Gasteiger partial charge < -0.3 is 9.80 Å². The van der Waals surface area contributed by atoms with Crippen LogP contribution >= 0.6 is 0 Å². The molecule has 2 rings (SSSR count). The second-order valence-corrected chi connectivity index (χ2v) is 5.44. The molecule has 1 aromatic heterocycles. The summed E-state index contributed by atoms with van der Waals surface area (Å²) in [7, 11) is 0. The zero-order valence-corrected chi connectivity index (χ0v) is 14.0. The fourth-order valence-corrected chi connectivity index (χ4v) is 2.50. The summed E-state index contributed by atoms with van der Waals surface area (Å²) in [6.45, 7) is 8.39. The molecule has 1 heterocycles. The highest BCUT2D eigenvalue weighted by Gasteiger charge is 2.17. The van der Waals surface area contributed by atoms with E-state index in [1.165, 1.54) is 0 Å². The van der Waals surface area contributed by atoms with E-state index in [0.29, 0.717) is 13.1 Å². The Bertz CT molecular complexity index is 582. The van der Waals surface area contributed by atoms with Crippen LogP contribution in [0, 0.1) is 0 Å². The summed E-state index contributed by atoms with van der Waals surface area (Å²) in [5, 5.41) is 0. The molecule has 2 aromatic rings. The summed E-state index contributed by atoms with van der Waals surface area (Å²) in [6, 6.07) is 15.3. The molecule has 4 nitrogen and oxygen atoms in total. The minimum atomic E-state index is 0.0587. The number of carbonyl (C=O) groups is 1. The van der Waals surface area contributed by atoms with Gasteiger partial charge in [0, 0.05) is 24.8 Å². The van der Waals surface area contributed by atoms with Gasteiger partial charge in [0.1, 0.15) is 0 Å². The Hall–Kier alpha value is -2.20. The number of benzene rings is 1. The molecule has 122 valence electrons. The Kier molecular flexibility index (Phi) is 6.76. The van der Waals surface area contributed by atoms with Crippen LogP contribution in [0.4, 0.5) is 0 Å². The van der Waals surface area contributed by atoms with Crippen LogP contribution < -0.4 is 0 Å². The first-order valence-electron chi connectivity index (χ1n) is 8.21. The van der Waals surface area contributed by atoms with Crippen LogP contribution in [-0.4, -0.2) is 46.9 Å². The third-order valence-corrected chi connectivity index (χ3v) is 3.97. The molecule has 0 spiro atoms. The smallest absolute Gasteiger partial charge is 0.254 e. The van der Waals surface area contributed by atoms with Gasteiger partial charge in [-0.2, -0.15) is 0 Å². The first kappa shape index (κ1) is 17.2. The van der Waals surface area contributed by atoms with Crippen LogP contribution in [-0.2, 0) is 6.54 Å². The molecule has 0 unspecified atom stereocenters. The zero-order chi connectivity index (χ0) is 16.5. The molecule has 0 aliphatic rings. The second-order valence-electron chi connectivity index (χ2n) is 5.44. The van der Waals surface area contributed by atoms with E-state index in [2.05, 4.69) is 23.7 Å². The molecule has 0 bridgehead atoms. The third-order valence-electron chi connectivity index (χ3n) is 3.97. The summed E-state index contributed by atoms with van der Waals surface area (Å²) in [6.07, 6.45) is 1.77. The first-order chi connectivity index (χ1) is 11.2. The highest BCUT2D eigenvalue weighted by molar-refractivity contribution is 5.94. The van der Waals surface area contributed by atoms with E-state index in [9.17, 15) is 4.79 Å². The first-order valence-corrected chi connectivity index (χ1v) is 8.21. The highest BCUT2D eigenvalue weighted by atomic mass is 16.2. The summed E-state index contributed by atoms with van der Waals surface area (Å²) in [5.74, 6) is 0.0587. The maximum absolute atomic E-state index is 12.8. The monoisotopic (exact) mass is 311 g/mol. The third kappa shape index (κ3) is 5.18. The molecule has 0 aliphatic heterocycles. The lowest BCUT2D eigenvalue weighted by molar-refractivity contribution is 0.0721. The predicted octanol–water partition coefficient (Wildman–Crippen LogP) is 3.07. The van der Waals surface area contributed by atoms with Crippen molar-refractivity contribution in [2.75, 3.05) is 26.2 Å². The van der Waals surface area contributed by atoms with E-state index in [-0.39, 0.29) is 5.91 Å². The van der Waals surface area contributed by atoms with Gasteiger partial charge in [-0.15, -0.1) is 0 Å². The number of hydrogen-bond donors (Lipinski definition) is 0. The maximum atomic E-state index is 12.8. The Morgan fingerprint density at radius 1 is 0.957 bits per heavy atom. The lowest BCUT2D eigenvalue weighted by Crippen LogP contribution is -2.38. The minimum absolute atomic E-state index is 0.0587. The normalized spacial score (nSPS) is 10.7. The molecule has 0 aliphatic carbocycles. The van der Waals surface area contributed by atoms with Gasteiger partial charge in [0.05, 0.1) is 12.2 Å². The topological polar surface area (TPSA) is 36.4 Å². The van der Waals surface area contributed by atoms with E-state index in [0.717, 1.165) is 30.9 Å². The Morgan fingerprint density at radius 2 is 1.65 bits per heavy atom. The van der Waals surface area contributed by atoms with Crippen molar-refractivity contribution in [2.24, 2.45) is 0 Å². The molecule has 0 radical (unpaired) electrons. The number of aromatic nitrogens is 1.